The van der Waals surface area contributed by atoms with Crippen molar-refractivity contribution in [1.82, 2.24) is 0 Å². The first-order valence-corrected chi connectivity index (χ1v) is 6.29. The standard InChI is InChI=1S/C12H10ClIO3/c1-7(15)12(13)11-8(5-6-10(16)17)3-2-4-9(11)14/h2-6,12H,1H3,(H,16,17). The van der Waals surface area contributed by atoms with Crippen LogP contribution in [0.1, 0.15) is 23.4 Å². The fourth-order valence-electron chi connectivity index (χ4n) is 1.33. The van der Waals surface area contributed by atoms with E-state index in [2.05, 4.69) is 22.6 Å². The number of hydrogen-bond donors (Lipinski definition) is 1. The van der Waals surface area contributed by atoms with Gasteiger partial charge >= 0.3 is 5.97 Å². The number of hydrogen-bond acceptors (Lipinski definition) is 2. The molecule has 0 aliphatic rings. The Morgan fingerprint density at radius 2 is 2.12 bits per heavy atom. The summed E-state index contributed by atoms with van der Waals surface area (Å²) in [7, 11) is 0. The molecule has 90 valence electrons. The summed E-state index contributed by atoms with van der Waals surface area (Å²) in [5, 5.41) is 7.84. The van der Waals surface area contributed by atoms with Gasteiger partial charge in [-0.25, -0.2) is 4.79 Å². The molecule has 0 fully saturated rings. The molecule has 1 atom stereocenters. The fourth-order valence-corrected chi connectivity index (χ4v) is 2.59. The summed E-state index contributed by atoms with van der Waals surface area (Å²) in [6.07, 6.45) is 2.47. The van der Waals surface area contributed by atoms with Gasteiger partial charge in [0.1, 0.15) is 5.38 Å². The highest BCUT2D eigenvalue weighted by Gasteiger charge is 2.18. The Kier molecular flexibility index (Phi) is 5.14. The minimum Gasteiger partial charge on any atom is -0.478 e. The van der Waals surface area contributed by atoms with Crippen LogP contribution in [0.4, 0.5) is 0 Å². The number of benzene rings is 1. The zero-order valence-corrected chi connectivity index (χ0v) is 11.9. The lowest BCUT2D eigenvalue weighted by Crippen LogP contribution is -2.06. The Morgan fingerprint density at radius 3 is 2.65 bits per heavy atom. The van der Waals surface area contributed by atoms with Crippen molar-refractivity contribution in [2.75, 3.05) is 0 Å². The highest BCUT2D eigenvalue weighted by atomic mass is 127. The minimum absolute atomic E-state index is 0.166. The van der Waals surface area contributed by atoms with Crippen molar-refractivity contribution in [1.29, 1.82) is 0 Å². The number of carbonyl (C=O) groups is 2. The summed E-state index contributed by atoms with van der Waals surface area (Å²) in [4.78, 5) is 21.8. The van der Waals surface area contributed by atoms with Gasteiger partial charge in [0, 0.05) is 9.65 Å². The number of aliphatic carboxylic acids is 1. The van der Waals surface area contributed by atoms with Gasteiger partial charge in [0.05, 0.1) is 0 Å². The van der Waals surface area contributed by atoms with Crippen LogP contribution in [0.5, 0.6) is 0 Å². The number of halogens is 2. The number of ketones is 1. The van der Waals surface area contributed by atoms with Crippen molar-refractivity contribution < 1.29 is 14.7 Å². The Bertz CT molecular complexity index is 483. The number of carbonyl (C=O) groups excluding carboxylic acids is 1. The van der Waals surface area contributed by atoms with Gasteiger partial charge in [0.25, 0.3) is 0 Å². The maximum atomic E-state index is 11.3. The lowest BCUT2D eigenvalue weighted by Gasteiger charge is -2.12. The van der Waals surface area contributed by atoms with Crippen molar-refractivity contribution >= 4 is 52.0 Å². The molecule has 1 rings (SSSR count). The summed E-state index contributed by atoms with van der Waals surface area (Å²) in [5.74, 6) is -1.20. The maximum absolute atomic E-state index is 11.3. The van der Waals surface area contributed by atoms with E-state index >= 15 is 0 Å². The summed E-state index contributed by atoms with van der Waals surface area (Å²) < 4.78 is 0.838. The van der Waals surface area contributed by atoms with Crippen LogP contribution >= 0.6 is 34.2 Å². The summed E-state index contributed by atoms with van der Waals surface area (Å²) in [6, 6.07) is 5.35. The monoisotopic (exact) mass is 364 g/mol. The first-order chi connectivity index (χ1) is 7.93. The highest BCUT2D eigenvalue weighted by Crippen LogP contribution is 2.30. The van der Waals surface area contributed by atoms with E-state index in [9.17, 15) is 9.59 Å². The molecule has 0 saturated heterocycles. The largest absolute Gasteiger partial charge is 0.478 e. The molecule has 3 nitrogen and oxygen atoms in total. The van der Waals surface area contributed by atoms with Crippen LogP contribution in [0.2, 0.25) is 0 Å². The van der Waals surface area contributed by atoms with Gasteiger partial charge in [0.2, 0.25) is 0 Å². The second kappa shape index (κ2) is 6.16. The third-order valence-corrected chi connectivity index (χ3v) is 3.57. The van der Waals surface area contributed by atoms with Crippen molar-refractivity contribution in [3.05, 3.63) is 39.0 Å². The van der Waals surface area contributed by atoms with E-state index in [1.165, 1.54) is 13.0 Å². The summed E-state index contributed by atoms with van der Waals surface area (Å²) in [5.41, 5.74) is 1.30. The van der Waals surface area contributed by atoms with Crippen molar-refractivity contribution in [3.63, 3.8) is 0 Å². The van der Waals surface area contributed by atoms with Gasteiger partial charge in [-0.2, -0.15) is 0 Å². The lowest BCUT2D eigenvalue weighted by molar-refractivity contribution is -0.131. The summed E-state index contributed by atoms with van der Waals surface area (Å²) in [6.45, 7) is 1.41. The average molecular weight is 365 g/mol. The van der Waals surface area contributed by atoms with Gasteiger partial charge in [-0.3, -0.25) is 4.79 Å². The molecule has 0 aromatic heterocycles. The molecule has 1 aromatic carbocycles. The smallest absolute Gasteiger partial charge is 0.328 e. The van der Waals surface area contributed by atoms with Gasteiger partial charge in [-0.15, -0.1) is 11.6 Å². The first-order valence-electron chi connectivity index (χ1n) is 4.77. The number of carboxylic acids is 1. The molecule has 1 aromatic rings. The van der Waals surface area contributed by atoms with E-state index < -0.39 is 11.3 Å². The number of carboxylic acid groups (broad SMARTS) is 1. The van der Waals surface area contributed by atoms with Gasteiger partial charge in [-0.05, 0) is 52.8 Å². The zero-order valence-electron chi connectivity index (χ0n) is 8.98. The van der Waals surface area contributed by atoms with Crippen LogP contribution in [-0.4, -0.2) is 16.9 Å². The Labute approximate surface area is 118 Å². The number of rotatable bonds is 4. The van der Waals surface area contributed by atoms with E-state index in [0.29, 0.717) is 11.1 Å². The van der Waals surface area contributed by atoms with Crippen LogP contribution < -0.4 is 0 Å². The van der Waals surface area contributed by atoms with Crippen molar-refractivity contribution in [3.8, 4) is 0 Å². The molecule has 0 heterocycles. The summed E-state index contributed by atoms with van der Waals surface area (Å²) >= 11 is 8.10. The third-order valence-electron chi connectivity index (χ3n) is 2.10. The highest BCUT2D eigenvalue weighted by molar-refractivity contribution is 14.1. The van der Waals surface area contributed by atoms with Crippen LogP contribution in [0, 0.1) is 3.57 Å². The van der Waals surface area contributed by atoms with Crippen LogP contribution in [0.3, 0.4) is 0 Å². The van der Waals surface area contributed by atoms with Crippen molar-refractivity contribution in [2.45, 2.75) is 12.3 Å². The topological polar surface area (TPSA) is 54.4 Å². The van der Waals surface area contributed by atoms with Gasteiger partial charge in [-0.1, -0.05) is 12.1 Å². The van der Waals surface area contributed by atoms with E-state index in [1.54, 1.807) is 12.1 Å². The minimum atomic E-state index is -1.04. The van der Waals surface area contributed by atoms with E-state index in [1.807, 2.05) is 6.07 Å². The lowest BCUT2D eigenvalue weighted by atomic mass is 10.0. The van der Waals surface area contributed by atoms with Gasteiger partial charge < -0.3 is 5.11 Å². The molecule has 1 N–H and O–H groups in total. The molecule has 1 unspecified atom stereocenters. The van der Waals surface area contributed by atoms with Crippen LogP contribution in [0.25, 0.3) is 6.08 Å². The van der Waals surface area contributed by atoms with E-state index in [-0.39, 0.29) is 5.78 Å². The molecule has 0 radical (unpaired) electrons. The molecule has 0 aliphatic carbocycles. The van der Waals surface area contributed by atoms with Gasteiger partial charge in [0.15, 0.2) is 5.78 Å². The quantitative estimate of drug-likeness (QED) is 0.507. The van der Waals surface area contributed by atoms with E-state index in [0.717, 1.165) is 9.65 Å². The normalized spacial score (nSPS) is 12.6. The fraction of sp³-hybridized carbons (Fsp3) is 0.167. The molecule has 0 amide bonds. The molecular formula is C12H10ClIO3. The molecule has 5 heteroatoms. The predicted octanol–water partition coefficient (Wildman–Crippen LogP) is 3.26. The number of Topliss-reactive ketones (excluding diaryl/α,β-unsaturated/α-hetero) is 1. The predicted molar refractivity (Wildman–Crippen MR) is 75.1 cm³/mol. The second-order valence-electron chi connectivity index (χ2n) is 3.39. The third kappa shape index (κ3) is 3.81. The molecular weight excluding hydrogens is 354 g/mol. The molecule has 0 bridgehead atoms. The van der Waals surface area contributed by atoms with E-state index in [4.69, 9.17) is 16.7 Å². The number of alkyl halides is 1. The Balaban J connectivity index is 3.26. The molecule has 0 saturated carbocycles. The van der Waals surface area contributed by atoms with Crippen LogP contribution in [-0.2, 0) is 9.59 Å². The zero-order chi connectivity index (χ0) is 13.0. The Hall–Kier alpha value is -0.880. The van der Waals surface area contributed by atoms with Crippen LogP contribution in [0.15, 0.2) is 24.3 Å². The average Bonchev–Trinajstić information content (AvgIpc) is 2.25. The SMILES string of the molecule is CC(=O)C(Cl)c1c(I)cccc1C=CC(=O)O. The Morgan fingerprint density at radius 1 is 1.47 bits per heavy atom. The molecule has 17 heavy (non-hydrogen) atoms. The molecule has 0 spiro atoms. The maximum Gasteiger partial charge on any atom is 0.328 e. The van der Waals surface area contributed by atoms with Crippen molar-refractivity contribution in [2.24, 2.45) is 0 Å². The molecule has 0 aliphatic heterocycles. The first kappa shape index (κ1) is 14.2. The second-order valence-corrected chi connectivity index (χ2v) is 4.99.